The van der Waals surface area contributed by atoms with Crippen LogP contribution in [0.4, 0.5) is 29.2 Å². The van der Waals surface area contributed by atoms with Crippen molar-refractivity contribution in [2.45, 2.75) is 25.1 Å². The van der Waals surface area contributed by atoms with E-state index in [1.165, 1.54) is 20.2 Å². The smallest absolute Gasteiger partial charge is 0.369 e. The maximum atomic E-state index is 14.3. The van der Waals surface area contributed by atoms with Crippen molar-refractivity contribution in [3.8, 4) is 0 Å². The van der Waals surface area contributed by atoms with E-state index in [9.17, 15) is 22.4 Å². The number of hydrogen-bond donors (Lipinski definition) is 2. The number of rotatable bonds is 5. The fraction of sp³-hybridized carbons (Fsp3) is 0.412. The summed E-state index contributed by atoms with van der Waals surface area (Å²) < 4.78 is 51.3. The number of aromatic nitrogens is 3. The lowest BCUT2D eigenvalue weighted by Gasteiger charge is -2.26. The van der Waals surface area contributed by atoms with E-state index in [1.54, 1.807) is 11.4 Å². The first-order valence-corrected chi connectivity index (χ1v) is 8.93. The zero-order valence-electron chi connectivity index (χ0n) is 15.4. The molecular weight excluding hydrogens is 416 g/mol. The number of carbonyl (C=O) groups is 1. The number of nitrogens with one attached hydrogen (secondary N) is 2. The summed E-state index contributed by atoms with van der Waals surface area (Å²) in [6, 6.07) is 0.609. The third kappa shape index (κ3) is 4.66. The molecule has 7 nitrogen and oxygen atoms in total. The van der Waals surface area contributed by atoms with Crippen molar-refractivity contribution in [1.82, 2.24) is 20.3 Å². The highest BCUT2D eigenvalue weighted by atomic mass is 35.5. The van der Waals surface area contributed by atoms with Gasteiger partial charge in [-0.15, -0.1) is 0 Å². The monoisotopic (exact) mass is 432 g/mol. The molecule has 2 atom stereocenters. The van der Waals surface area contributed by atoms with Crippen molar-refractivity contribution in [2.75, 3.05) is 30.4 Å². The number of fused-ring (bicyclic) bond motifs is 1. The summed E-state index contributed by atoms with van der Waals surface area (Å²) in [5, 5.41) is 5.28. The number of amides is 1. The minimum Gasteiger partial charge on any atom is -0.369 e. The Morgan fingerprint density at radius 2 is 2.14 bits per heavy atom. The Morgan fingerprint density at radius 1 is 1.41 bits per heavy atom. The molecule has 3 rings (SSSR count). The van der Waals surface area contributed by atoms with E-state index in [1.807, 2.05) is 0 Å². The molecule has 0 aliphatic carbocycles. The normalized spacial score (nSPS) is 16.7. The van der Waals surface area contributed by atoms with Gasteiger partial charge in [-0.05, 0) is 13.0 Å². The Morgan fingerprint density at radius 3 is 2.83 bits per heavy atom. The van der Waals surface area contributed by atoms with E-state index in [0.717, 1.165) is 16.7 Å². The first-order valence-electron chi connectivity index (χ1n) is 8.56. The molecule has 0 saturated carbocycles. The SMILES string of the molecule is C[C@H](C(=O)NCC(F)(F)F)N(C)c1nc(C2CNc3ncc(Cl)cc32)ncc1F. The van der Waals surface area contributed by atoms with Crippen molar-refractivity contribution in [1.29, 1.82) is 0 Å². The van der Waals surface area contributed by atoms with E-state index < -0.39 is 30.5 Å². The van der Waals surface area contributed by atoms with Gasteiger partial charge in [0.1, 0.15) is 24.2 Å². The van der Waals surface area contributed by atoms with Crippen molar-refractivity contribution < 1.29 is 22.4 Å². The molecule has 0 bridgehead atoms. The van der Waals surface area contributed by atoms with Gasteiger partial charge in [-0.1, -0.05) is 11.6 Å². The van der Waals surface area contributed by atoms with Gasteiger partial charge in [-0.3, -0.25) is 4.79 Å². The zero-order valence-corrected chi connectivity index (χ0v) is 16.1. The van der Waals surface area contributed by atoms with E-state index in [4.69, 9.17) is 11.6 Å². The number of nitrogens with zero attached hydrogens (tertiary/aromatic N) is 4. The maximum Gasteiger partial charge on any atom is 0.405 e. The van der Waals surface area contributed by atoms with Crippen LogP contribution >= 0.6 is 11.6 Å². The summed E-state index contributed by atoms with van der Waals surface area (Å²) >= 11 is 6.00. The number of anilines is 2. The van der Waals surface area contributed by atoms with Gasteiger partial charge in [0, 0.05) is 25.4 Å². The second-order valence-corrected chi connectivity index (χ2v) is 6.98. The molecule has 1 aliphatic heterocycles. The first-order chi connectivity index (χ1) is 13.6. The molecule has 1 unspecified atom stereocenters. The molecule has 1 aliphatic rings. The number of hydrogen-bond acceptors (Lipinski definition) is 6. The summed E-state index contributed by atoms with van der Waals surface area (Å²) in [7, 11) is 1.37. The van der Waals surface area contributed by atoms with E-state index in [-0.39, 0.29) is 17.6 Å². The van der Waals surface area contributed by atoms with Crippen LogP contribution in [-0.2, 0) is 4.79 Å². The van der Waals surface area contributed by atoms with Gasteiger partial charge in [0.15, 0.2) is 11.6 Å². The summed E-state index contributed by atoms with van der Waals surface area (Å²) in [5.41, 5.74) is 0.744. The molecule has 2 aromatic heterocycles. The predicted octanol–water partition coefficient (Wildman–Crippen LogP) is 2.72. The molecular formula is C17H17ClF4N6O. The number of halogens is 5. The lowest BCUT2D eigenvalue weighted by molar-refractivity contribution is -0.138. The standard InChI is InChI=1S/C17H17ClF4N6O/c1-8(16(29)26-7-17(20,21)22)28(2)15-12(19)6-25-14(27-15)11-5-24-13-10(11)3-9(18)4-23-13/h3-4,6,8,11H,5,7H2,1-2H3,(H,23,24)(H,26,29)/t8-,11?/m1/s1. The topological polar surface area (TPSA) is 83.0 Å². The molecule has 0 saturated heterocycles. The van der Waals surface area contributed by atoms with Crippen LogP contribution < -0.4 is 15.5 Å². The van der Waals surface area contributed by atoms with Gasteiger partial charge in [-0.2, -0.15) is 13.2 Å². The Bertz CT molecular complexity index is 925. The maximum absolute atomic E-state index is 14.3. The molecule has 2 N–H and O–H groups in total. The molecule has 2 aromatic rings. The van der Waals surface area contributed by atoms with Crippen LogP contribution in [0.25, 0.3) is 0 Å². The van der Waals surface area contributed by atoms with E-state index in [0.29, 0.717) is 17.4 Å². The van der Waals surface area contributed by atoms with Crippen molar-refractivity contribution >= 4 is 29.1 Å². The Kier molecular flexibility index (Phi) is 5.78. The Labute approximate surface area is 168 Å². The fourth-order valence-electron chi connectivity index (χ4n) is 2.89. The fourth-order valence-corrected chi connectivity index (χ4v) is 3.05. The third-order valence-electron chi connectivity index (χ3n) is 4.55. The Balaban J connectivity index is 1.83. The van der Waals surface area contributed by atoms with Crippen LogP contribution in [0.1, 0.15) is 24.2 Å². The molecule has 0 radical (unpaired) electrons. The highest BCUT2D eigenvalue weighted by Gasteiger charge is 2.32. The molecule has 156 valence electrons. The second-order valence-electron chi connectivity index (χ2n) is 6.54. The van der Waals surface area contributed by atoms with Crippen LogP contribution in [0, 0.1) is 5.82 Å². The first kappa shape index (κ1) is 21.0. The lowest BCUT2D eigenvalue weighted by atomic mass is 10.0. The largest absolute Gasteiger partial charge is 0.405 e. The number of pyridine rings is 1. The number of alkyl halides is 3. The van der Waals surface area contributed by atoms with Crippen LogP contribution in [0.3, 0.4) is 0 Å². The molecule has 0 spiro atoms. The average molecular weight is 433 g/mol. The average Bonchev–Trinajstić information content (AvgIpc) is 3.07. The van der Waals surface area contributed by atoms with Crippen molar-refractivity contribution in [2.24, 2.45) is 0 Å². The highest BCUT2D eigenvalue weighted by Crippen LogP contribution is 2.35. The minimum absolute atomic E-state index is 0.201. The van der Waals surface area contributed by atoms with Crippen molar-refractivity contribution in [3.05, 3.63) is 40.7 Å². The lowest BCUT2D eigenvalue weighted by Crippen LogP contribution is -2.46. The summed E-state index contributed by atoms with van der Waals surface area (Å²) in [4.78, 5) is 25.6. The molecule has 29 heavy (non-hydrogen) atoms. The molecule has 0 fully saturated rings. The highest BCUT2D eigenvalue weighted by molar-refractivity contribution is 6.30. The van der Waals surface area contributed by atoms with Gasteiger partial charge in [0.2, 0.25) is 5.91 Å². The van der Waals surface area contributed by atoms with E-state index in [2.05, 4.69) is 20.3 Å². The number of likely N-dealkylation sites (N-methyl/N-ethyl adjacent to an activating group) is 1. The van der Waals surface area contributed by atoms with Crippen LogP contribution in [0.2, 0.25) is 5.02 Å². The third-order valence-corrected chi connectivity index (χ3v) is 4.75. The summed E-state index contributed by atoms with van der Waals surface area (Å²) in [5.74, 6) is -1.38. The van der Waals surface area contributed by atoms with Crippen LogP contribution in [0.15, 0.2) is 18.5 Å². The zero-order chi connectivity index (χ0) is 21.3. The molecule has 12 heteroatoms. The van der Waals surface area contributed by atoms with Crippen LogP contribution in [0.5, 0.6) is 0 Å². The van der Waals surface area contributed by atoms with Gasteiger partial charge in [0.25, 0.3) is 0 Å². The van der Waals surface area contributed by atoms with Crippen molar-refractivity contribution in [3.63, 3.8) is 0 Å². The van der Waals surface area contributed by atoms with E-state index >= 15 is 0 Å². The summed E-state index contributed by atoms with van der Waals surface area (Å²) in [6.45, 7) is 0.294. The molecule has 3 heterocycles. The number of carbonyl (C=O) groups excluding carboxylic acids is 1. The predicted molar refractivity (Wildman–Crippen MR) is 98.5 cm³/mol. The van der Waals surface area contributed by atoms with Crippen LogP contribution in [-0.4, -0.2) is 53.2 Å². The van der Waals surface area contributed by atoms with Gasteiger partial charge < -0.3 is 15.5 Å². The van der Waals surface area contributed by atoms with Gasteiger partial charge in [-0.25, -0.2) is 19.3 Å². The molecule has 0 aromatic carbocycles. The van der Waals surface area contributed by atoms with Gasteiger partial charge in [0.05, 0.1) is 17.1 Å². The quantitative estimate of drug-likeness (QED) is 0.707. The second kappa shape index (κ2) is 7.97. The Hall–Kier alpha value is -2.69. The molecule has 1 amide bonds. The van der Waals surface area contributed by atoms with Gasteiger partial charge >= 0.3 is 6.18 Å². The minimum atomic E-state index is -4.54. The summed E-state index contributed by atoms with van der Waals surface area (Å²) in [6.07, 6.45) is -2.09.